The standard InChI is InChI=1S/C12H16N4O/c1-8(13)7-16-12-9(6-15-16)2-3-10-11(12)14-4-5-17-10/h2-3,6,8,14H,4-5,7,13H2,1H3/t8-/m0/s1. The van der Waals surface area contributed by atoms with Crippen molar-refractivity contribution < 1.29 is 4.74 Å². The molecule has 0 spiro atoms. The third-order valence-electron chi connectivity index (χ3n) is 2.89. The Hall–Kier alpha value is -1.75. The van der Waals surface area contributed by atoms with Crippen LogP contribution >= 0.6 is 0 Å². The van der Waals surface area contributed by atoms with Gasteiger partial charge >= 0.3 is 0 Å². The zero-order valence-corrected chi connectivity index (χ0v) is 9.81. The van der Waals surface area contributed by atoms with Crippen molar-refractivity contribution in [1.82, 2.24) is 9.78 Å². The average molecular weight is 232 g/mol. The Morgan fingerprint density at radius 1 is 1.59 bits per heavy atom. The molecule has 3 N–H and O–H groups in total. The summed E-state index contributed by atoms with van der Waals surface area (Å²) >= 11 is 0. The van der Waals surface area contributed by atoms with Crippen LogP contribution in [0.3, 0.4) is 0 Å². The Kier molecular flexibility index (Phi) is 2.40. The molecule has 1 aromatic carbocycles. The molecule has 0 radical (unpaired) electrons. The zero-order valence-electron chi connectivity index (χ0n) is 9.81. The van der Waals surface area contributed by atoms with Crippen LogP contribution in [0.4, 0.5) is 5.69 Å². The molecule has 0 bridgehead atoms. The molecule has 0 fully saturated rings. The molecule has 17 heavy (non-hydrogen) atoms. The van der Waals surface area contributed by atoms with Crippen LogP contribution in [0.1, 0.15) is 6.92 Å². The van der Waals surface area contributed by atoms with Crippen LogP contribution in [0.2, 0.25) is 0 Å². The van der Waals surface area contributed by atoms with Crippen molar-refractivity contribution in [3.63, 3.8) is 0 Å². The molecule has 90 valence electrons. The quantitative estimate of drug-likeness (QED) is 0.816. The van der Waals surface area contributed by atoms with Gasteiger partial charge in [-0.05, 0) is 19.1 Å². The first-order valence-corrected chi connectivity index (χ1v) is 5.86. The molecule has 2 heterocycles. The lowest BCUT2D eigenvalue weighted by Gasteiger charge is -2.20. The highest BCUT2D eigenvalue weighted by Crippen LogP contribution is 2.34. The van der Waals surface area contributed by atoms with Gasteiger partial charge in [0.15, 0.2) is 0 Å². The summed E-state index contributed by atoms with van der Waals surface area (Å²) in [6.45, 7) is 4.23. The molecular weight excluding hydrogens is 216 g/mol. The number of ether oxygens (including phenoxy) is 1. The Labute approximate surface area is 99.5 Å². The zero-order chi connectivity index (χ0) is 11.8. The van der Waals surface area contributed by atoms with Gasteiger partial charge in [0, 0.05) is 18.0 Å². The summed E-state index contributed by atoms with van der Waals surface area (Å²) in [6, 6.07) is 4.10. The van der Waals surface area contributed by atoms with E-state index in [2.05, 4.69) is 10.4 Å². The second kappa shape index (κ2) is 3.92. The Morgan fingerprint density at radius 3 is 3.29 bits per heavy atom. The number of anilines is 1. The Bertz CT molecular complexity index is 547. The maximum Gasteiger partial charge on any atom is 0.144 e. The van der Waals surface area contributed by atoms with Gasteiger partial charge in [-0.3, -0.25) is 4.68 Å². The van der Waals surface area contributed by atoms with E-state index >= 15 is 0 Å². The molecule has 2 aromatic rings. The highest BCUT2D eigenvalue weighted by molar-refractivity contribution is 5.94. The van der Waals surface area contributed by atoms with Crippen LogP contribution in [-0.4, -0.2) is 29.0 Å². The van der Waals surface area contributed by atoms with Crippen molar-refractivity contribution in [1.29, 1.82) is 0 Å². The van der Waals surface area contributed by atoms with Crippen molar-refractivity contribution in [2.45, 2.75) is 19.5 Å². The van der Waals surface area contributed by atoms with Crippen molar-refractivity contribution >= 4 is 16.6 Å². The monoisotopic (exact) mass is 232 g/mol. The molecule has 0 saturated carbocycles. The number of aromatic nitrogens is 2. The van der Waals surface area contributed by atoms with Crippen LogP contribution in [-0.2, 0) is 6.54 Å². The summed E-state index contributed by atoms with van der Waals surface area (Å²) in [6.07, 6.45) is 1.87. The van der Waals surface area contributed by atoms with Crippen LogP contribution in [0.25, 0.3) is 10.9 Å². The van der Waals surface area contributed by atoms with E-state index in [1.54, 1.807) is 0 Å². The van der Waals surface area contributed by atoms with Gasteiger partial charge in [-0.15, -0.1) is 0 Å². The number of nitrogens with one attached hydrogen (secondary N) is 1. The highest BCUT2D eigenvalue weighted by atomic mass is 16.5. The second-order valence-corrected chi connectivity index (χ2v) is 4.46. The molecule has 1 aromatic heterocycles. The number of rotatable bonds is 2. The Balaban J connectivity index is 2.17. The SMILES string of the molecule is C[C@H](N)Cn1ncc2ccc3c(c21)NCCO3. The van der Waals surface area contributed by atoms with E-state index in [9.17, 15) is 0 Å². The maximum absolute atomic E-state index is 5.84. The number of hydrogen-bond acceptors (Lipinski definition) is 4. The fraction of sp³-hybridized carbons (Fsp3) is 0.417. The first-order chi connectivity index (χ1) is 8.25. The first-order valence-electron chi connectivity index (χ1n) is 5.86. The van der Waals surface area contributed by atoms with E-state index in [1.165, 1.54) is 0 Å². The first kappa shape index (κ1) is 10.4. The smallest absolute Gasteiger partial charge is 0.144 e. The van der Waals surface area contributed by atoms with Crippen molar-refractivity contribution in [3.05, 3.63) is 18.3 Å². The van der Waals surface area contributed by atoms with Gasteiger partial charge in [0.05, 0.1) is 18.3 Å². The Morgan fingerprint density at radius 2 is 2.47 bits per heavy atom. The summed E-state index contributed by atoms with van der Waals surface area (Å²) in [5.41, 5.74) is 7.96. The number of hydrogen-bond donors (Lipinski definition) is 2. The van der Waals surface area contributed by atoms with Gasteiger partial charge in [0.1, 0.15) is 18.0 Å². The third kappa shape index (κ3) is 1.72. The second-order valence-electron chi connectivity index (χ2n) is 4.46. The molecule has 0 amide bonds. The number of benzene rings is 1. The summed E-state index contributed by atoms with van der Waals surface area (Å²) in [7, 11) is 0. The minimum absolute atomic E-state index is 0.0819. The van der Waals surface area contributed by atoms with E-state index in [0.29, 0.717) is 13.2 Å². The normalized spacial score (nSPS) is 16.1. The molecule has 0 aliphatic carbocycles. The van der Waals surface area contributed by atoms with E-state index in [-0.39, 0.29) is 6.04 Å². The summed E-state index contributed by atoms with van der Waals surface area (Å²) in [4.78, 5) is 0. The highest BCUT2D eigenvalue weighted by Gasteiger charge is 2.16. The molecule has 0 unspecified atom stereocenters. The van der Waals surface area contributed by atoms with E-state index in [0.717, 1.165) is 28.9 Å². The van der Waals surface area contributed by atoms with Crippen molar-refractivity contribution in [2.24, 2.45) is 5.73 Å². The summed E-state index contributed by atoms with van der Waals surface area (Å²) in [5.74, 6) is 0.898. The fourth-order valence-corrected chi connectivity index (χ4v) is 2.20. The van der Waals surface area contributed by atoms with Crippen LogP contribution in [0, 0.1) is 0 Å². The maximum atomic E-state index is 5.84. The molecule has 0 saturated heterocycles. The molecular formula is C12H16N4O. The minimum atomic E-state index is 0.0819. The van der Waals surface area contributed by atoms with E-state index in [4.69, 9.17) is 10.5 Å². The largest absolute Gasteiger partial charge is 0.490 e. The molecule has 5 nitrogen and oxygen atoms in total. The summed E-state index contributed by atoms with van der Waals surface area (Å²) in [5, 5.41) is 8.88. The summed E-state index contributed by atoms with van der Waals surface area (Å²) < 4.78 is 7.57. The van der Waals surface area contributed by atoms with E-state index < -0.39 is 0 Å². The van der Waals surface area contributed by atoms with Crippen molar-refractivity contribution in [3.8, 4) is 5.75 Å². The predicted octanol–water partition coefficient (Wildman–Crippen LogP) is 1.19. The lowest BCUT2D eigenvalue weighted by Crippen LogP contribution is -2.24. The average Bonchev–Trinajstić information content (AvgIpc) is 2.72. The van der Waals surface area contributed by atoms with Gasteiger partial charge in [-0.1, -0.05) is 0 Å². The number of fused-ring (bicyclic) bond motifs is 3. The van der Waals surface area contributed by atoms with Gasteiger partial charge in [-0.25, -0.2) is 0 Å². The minimum Gasteiger partial charge on any atom is -0.490 e. The van der Waals surface area contributed by atoms with Gasteiger partial charge in [0.25, 0.3) is 0 Å². The molecule has 5 heteroatoms. The van der Waals surface area contributed by atoms with Crippen LogP contribution < -0.4 is 15.8 Å². The molecule has 1 aliphatic rings. The topological polar surface area (TPSA) is 65.1 Å². The lowest BCUT2D eigenvalue weighted by molar-refractivity contribution is 0.323. The predicted molar refractivity (Wildman–Crippen MR) is 67.4 cm³/mol. The van der Waals surface area contributed by atoms with Crippen molar-refractivity contribution in [2.75, 3.05) is 18.5 Å². The van der Waals surface area contributed by atoms with Crippen LogP contribution in [0.15, 0.2) is 18.3 Å². The fourth-order valence-electron chi connectivity index (χ4n) is 2.20. The van der Waals surface area contributed by atoms with Gasteiger partial charge in [-0.2, -0.15) is 5.10 Å². The molecule has 1 aliphatic heterocycles. The number of nitrogens with two attached hydrogens (primary N) is 1. The van der Waals surface area contributed by atoms with E-state index in [1.807, 2.05) is 29.9 Å². The number of nitrogens with zero attached hydrogens (tertiary/aromatic N) is 2. The van der Waals surface area contributed by atoms with Gasteiger partial charge < -0.3 is 15.8 Å². The molecule has 1 atom stereocenters. The van der Waals surface area contributed by atoms with Gasteiger partial charge in [0.2, 0.25) is 0 Å². The molecule has 3 rings (SSSR count). The lowest BCUT2D eigenvalue weighted by atomic mass is 10.2. The third-order valence-corrected chi connectivity index (χ3v) is 2.89. The van der Waals surface area contributed by atoms with Crippen LogP contribution in [0.5, 0.6) is 5.75 Å².